The normalized spacial score (nSPS) is 22.4. The van der Waals surface area contributed by atoms with E-state index in [1.54, 1.807) is 0 Å². The molecule has 16 heavy (non-hydrogen) atoms. The average molecular weight is 244 g/mol. The molecule has 0 saturated carbocycles. The van der Waals surface area contributed by atoms with Crippen LogP contribution in [0.25, 0.3) is 0 Å². The summed E-state index contributed by atoms with van der Waals surface area (Å²) in [5.74, 6) is 3.19. The van der Waals surface area contributed by atoms with Crippen molar-refractivity contribution >= 4 is 17.7 Å². The summed E-state index contributed by atoms with van der Waals surface area (Å²) in [7, 11) is 1.90. The zero-order chi connectivity index (χ0) is 12.1. The van der Waals surface area contributed by atoms with Crippen molar-refractivity contribution in [3.63, 3.8) is 0 Å². The van der Waals surface area contributed by atoms with Crippen molar-refractivity contribution in [3.8, 4) is 0 Å². The molecule has 1 fully saturated rings. The van der Waals surface area contributed by atoms with Crippen molar-refractivity contribution in [2.45, 2.75) is 32.7 Å². The highest BCUT2D eigenvalue weighted by Gasteiger charge is 2.25. The van der Waals surface area contributed by atoms with Crippen molar-refractivity contribution in [2.75, 3.05) is 25.1 Å². The Hall–Kier alpha value is -0.220. The van der Waals surface area contributed by atoms with Gasteiger partial charge in [0.1, 0.15) is 0 Å². The van der Waals surface area contributed by atoms with Gasteiger partial charge in [0.05, 0.1) is 0 Å². The second-order valence-corrected chi connectivity index (χ2v) is 6.17. The van der Waals surface area contributed by atoms with Gasteiger partial charge in [0.25, 0.3) is 0 Å². The van der Waals surface area contributed by atoms with Crippen LogP contribution >= 0.6 is 11.8 Å². The third kappa shape index (κ3) is 3.98. The minimum Gasteiger partial charge on any atom is -0.345 e. The molecule has 1 amide bonds. The maximum Gasteiger partial charge on any atom is 0.226 e. The van der Waals surface area contributed by atoms with Crippen molar-refractivity contribution in [2.24, 2.45) is 17.6 Å². The summed E-state index contributed by atoms with van der Waals surface area (Å²) >= 11 is 1.89. The van der Waals surface area contributed by atoms with Gasteiger partial charge in [-0.2, -0.15) is 11.8 Å². The summed E-state index contributed by atoms with van der Waals surface area (Å²) in [5.41, 5.74) is 5.98. The molecule has 3 nitrogen and oxygen atoms in total. The van der Waals surface area contributed by atoms with Crippen LogP contribution in [0, 0.1) is 11.8 Å². The fourth-order valence-electron chi connectivity index (χ4n) is 1.83. The van der Waals surface area contributed by atoms with Crippen LogP contribution in [0.2, 0.25) is 0 Å². The Morgan fingerprint density at radius 3 is 2.75 bits per heavy atom. The number of nitrogens with two attached hydrogens (primary N) is 1. The average Bonchev–Trinajstić information content (AvgIpc) is 2.77. The molecule has 1 aliphatic rings. The van der Waals surface area contributed by atoms with Crippen LogP contribution in [0.15, 0.2) is 0 Å². The minimum atomic E-state index is 0.202. The first-order valence-electron chi connectivity index (χ1n) is 6.10. The van der Waals surface area contributed by atoms with Crippen LogP contribution in [-0.2, 0) is 4.79 Å². The molecule has 4 heteroatoms. The van der Waals surface area contributed by atoms with Crippen LogP contribution in [0.4, 0.5) is 0 Å². The third-order valence-electron chi connectivity index (χ3n) is 3.31. The van der Waals surface area contributed by atoms with Crippen molar-refractivity contribution in [1.82, 2.24) is 4.90 Å². The molecule has 1 saturated heterocycles. The Morgan fingerprint density at radius 2 is 2.25 bits per heavy atom. The molecule has 0 radical (unpaired) electrons. The number of nitrogens with zero attached hydrogens (tertiary/aromatic N) is 1. The highest BCUT2D eigenvalue weighted by atomic mass is 32.2. The second-order valence-electron chi connectivity index (χ2n) is 5.02. The first kappa shape index (κ1) is 13.8. The summed E-state index contributed by atoms with van der Waals surface area (Å²) in [6, 6.07) is 0.202. The lowest BCUT2D eigenvalue weighted by Gasteiger charge is -2.23. The number of thioether (sulfide) groups is 1. The van der Waals surface area contributed by atoms with Gasteiger partial charge in [-0.25, -0.2) is 0 Å². The van der Waals surface area contributed by atoms with Gasteiger partial charge in [-0.15, -0.1) is 0 Å². The fourth-order valence-corrected chi connectivity index (χ4v) is 3.04. The molecule has 0 bridgehead atoms. The molecule has 1 aliphatic heterocycles. The zero-order valence-electron chi connectivity index (χ0n) is 10.6. The highest BCUT2D eigenvalue weighted by molar-refractivity contribution is 7.99. The Kier molecular flexibility index (Phi) is 5.62. The van der Waals surface area contributed by atoms with E-state index < -0.39 is 0 Å². The van der Waals surface area contributed by atoms with E-state index in [-0.39, 0.29) is 12.0 Å². The Bertz CT molecular complexity index is 227. The van der Waals surface area contributed by atoms with Gasteiger partial charge < -0.3 is 10.6 Å². The maximum absolute atomic E-state index is 12.0. The van der Waals surface area contributed by atoms with E-state index in [1.807, 2.05) is 23.7 Å². The van der Waals surface area contributed by atoms with Gasteiger partial charge in [-0.3, -0.25) is 4.79 Å². The minimum absolute atomic E-state index is 0.202. The number of hydrogen-bond acceptors (Lipinski definition) is 3. The lowest BCUT2D eigenvalue weighted by atomic mass is 10.0. The van der Waals surface area contributed by atoms with Crippen LogP contribution in [-0.4, -0.2) is 41.9 Å². The molecule has 0 aliphatic carbocycles. The molecule has 1 heterocycles. The highest BCUT2D eigenvalue weighted by Crippen LogP contribution is 2.24. The maximum atomic E-state index is 12.0. The largest absolute Gasteiger partial charge is 0.345 e. The molecular weight excluding hydrogens is 220 g/mol. The van der Waals surface area contributed by atoms with Gasteiger partial charge in [-0.1, -0.05) is 13.8 Å². The van der Waals surface area contributed by atoms with E-state index in [4.69, 9.17) is 5.73 Å². The van der Waals surface area contributed by atoms with Gasteiger partial charge in [0.2, 0.25) is 5.91 Å². The summed E-state index contributed by atoms with van der Waals surface area (Å²) < 4.78 is 0. The summed E-state index contributed by atoms with van der Waals surface area (Å²) in [5, 5.41) is 0. The second kappa shape index (κ2) is 6.50. The predicted octanol–water partition coefficient (Wildman–Crippen LogP) is 1.57. The molecular formula is C12H24N2OS. The van der Waals surface area contributed by atoms with Gasteiger partial charge in [0.15, 0.2) is 0 Å². The van der Waals surface area contributed by atoms with Crippen LogP contribution in [0.1, 0.15) is 26.7 Å². The Balaban J connectivity index is 2.28. The molecule has 94 valence electrons. The Labute approximate surface area is 103 Å². The van der Waals surface area contributed by atoms with Gasteiger partial charge in [-0.05, 0) is 24.5 Å². The van der Waals surface area contributed by atoms with Crippen molar-refractivity contribution < 1.29 is 4.79 Å². The molecule has 0 aromatic heterocycles. The number of carbonyl (C=O) groups is 1. The van der Waals surface area contributed by atoms with E-state index in [0.717, 1.165) is 30.9 Å². The number of hydrogen-bond donors (Lipinski definition) is 1. The first-order chi connectivity index (χ1) is 7.52. The monoisotopic (exact) mass is 244 g/mol. The number of rotatable bonds is 5. The quantitative estimate of drug-likeness (QED) is 0.798. The predicted molar refractivity (Wildman–Crippen MR) is 70.5 cm³/mol. The van der Waals surface area contributed by atoms with E-state index >= 15 is 0 Å². The van der Waals surface area contributed by atoms with E-state index in [1.165, 1.54) is 0 Å². The van der Waals surface area contributed by atoms with Crippen LogP contribution in [0.3, 0.4) is 0 Å². The van der Waals surface area contributed by atoms with E-state index in [0.29, 0.717) is 11.8 Å². The summed E-state index contributed by atoms with van der Waals surface area (Å²) in [6.07, 6.45) is 1.95. The standard InChI is InChI=1S/C12H24N2OS/c1-9(2)11(13)4-6-14(3)12(15)10-5-7-16-8-10/h9-11H,4-8,13H2,1-3H3. The topological polar surface area (TPSA) is 46.3 Å². The van der Waals surface area contributed by atoms with E-state index in [9.17, 15) is 4.79 Å². The SMILES string of the molecule is CC(C)C(N)CCN(C)C(=O)C1CCSC1. The number of amides is 1. The zero-order valence-corrected chi connectivity index (χ0v) is 11.4. The molecule has 2 unspecified atom stereocenters. The lowest BCUT2D eigenvalue weighted by molar-refractivity contribution is -0.133. The van der Waals surface area contributed by atoms with Gasteiger partial charge >= 0.3 is 0 Å². The Morgan fingerprint density at radius 1 is 1.56 bits per heavy atom. The summed E-state index contributed by atoms with van der Waals surface area (Å²) in [4.78, 5) is 13.9. The van der Waals surface area contributed by atoms with Crippen molar-refractivity contribution in [3.05, 3.63) is 0 Å². The fraction of sp³-hybridized carbons (Fsp3) is 0.917. The van der Waals surface area contributed by atoms with Crippen molar-refractivity contribution in [1.29, 1.82) is 0 Å². The van der Waals surface area contributed by atoms with Crippen LogP contribution in [0.5, 0.6) is 0 Å². The van der Waals surface area contributed by atoms with E-state index in [2.05, 4.69) is 13.8 Å². The van der Waals surface area contributed by atoms with Crippen LogP contribution < -0.4 is 5.73 Å². The first-order valence-corrected chi connectivity index (χ1v) is 7.26. The molecule has 0 aromatic carbocycles. The number of carbonyl (C=O) groups excluding carboxylic acids is 1. The molecule has 2 atom stereocenters. The molecule has 1 rings (SSSR count). The third-order valence-corrected chi connectivity index (χ3v) is 4.47. The molecule has 0 aromatic rings. The van der Waals surface area contributed by atoms with Gasteiger partial charge in [0, 0.05) is 31.3 Å². The molecule has 0 spiro atoms. The molecule has 2 N–H and O–H groups in total. The lowest BCUT2D eigenvalue weighted by Crippen LogP contribution is -2.37. The smallest absolute Gasteiger partial charge is 0.226 e. The summed E-state index contributed by atoms with van der Waals surface area (Å²) in [6.45, 7) is 5.04.